The average molecular weight is 228 g/mol. The largest absolute Gasteiger partial charge is 0.382 e. The topological polar surface area (TPSA) is 93.5 Å². The second-order valence-corrected chi connectivity index (χ2v) is 4.10. The van der Waals surface area contributed by atoms with E-state index in [4.69, 9.17) is 11.1 Å². The summed E-state index contributed by atoms with van der Waals surface area (Å²) in [5.41, 5.74) is 6.90. The average Bonchev–Trinajstić information content (AvgIpc) is 3.07. The number of nitrogen functional groups attached to an aromatic ring is 1. The van der Waals surface area contributed by atoms with Gasteiger partial charge in [-0.15, -0.1) is 0 Å². The number of hydrogen-bond acceptors (Lipinski definition) is 4. The summed E-state index contributed by atoms with van der Waals surface area (Å²) in [5.74, 6) is 0.997. The minimum absolute atomic E-state index is 0.100. The van der Waals surface area contributed by atoms with Crippen LogP contribution in [0, 0.1) is 5.41 Å². The third-order valence-corrected chi connectivity index (χ3v) is 2.76. The van der Waals surface area contributed by atoms with E-state index in [-0.39, 0.29) is 5.84 Å². The summed E-state index contributed by atoms with van der Waals surface area (Å²) in [4.78, 5) is 8.23. The number of amidine groups is 1. The summed E-state index contributed by atoms with van der Waals surface area (Å²) in [6.07, 6.45) is 7.34. The Kier molecular flexibility index (Phi) is 2.14. The Balaban J connectivity index is 2.04. The molecule has 1 fully saturated rings. The van der Waals surface area contributed by atoms with Gasteiger partial charge in [0, 0.05) is 24.5 Å². The summed E-state index contributed by atoms with van der Waals surface area (Å²) >= 11 is 0. The maximum absolute atomic E-state index is 7.46. The van der Waals surface area contributed by atoms with Crippen LogP contribution in [0.25, 0.3) is 5.82 Å². The first kappa shape index (κ1) is 9.95. The second-order valence-electron chi connectivity index (χ2n) is 4.10. The highest BCUT2D eigenvalue weighted by Crippen LogP contribution is 2.38. The maximum Gasteiger partial charge on any atom is 0.183 e. The van der Waals surface area contributed by atoms with Gasteiger partial charge in [-0.1, -0.05) is 0 Å². The molecule has 3 rings (SSSR count). The summed E-state index contributed by atoms with van der Waals surface area (Å²) in [6.45, 7) is 0. The van der Waals surface area contributed by atoms with Crippen LogP contribution in [-0.4, -0.2) is 25.6 Å². The first-order chi connectivity index (χ1) is 8.25. The zero-order valence-electron chi connectivity index (χ0n) is 9.17. The first-order valence-corrected chi connectivity index (χ1v) is 5.47. The van der Waals surface area contributed by atoms with E-state index in [0.717, 1.165) is 5.69 Å². The van der Waals surface area contributed by atoms with Crippen LogP contribution in [-0.2, 0) is 0 Å². The van der Waals surface area contributed by atoms with Gasteiger partial charge < -0.3 is 5.73 Å². The molecule has 0 aliphatic heterocycles. The Morgan fingerprint density at radius 3 is 2.82 bits per heavy atom. The van der Waals surface area contributed by atoms with Gasteiger partial charge in [-0.3, -0.25) is 5.41 Å². The van der Waals surface area contributed by atoms with Crippen LogP contribution in [0.2, 0.25) is 0 Å². The van der Waals surface area contributed by atoms with Crippen LogP contribution in [0.3, 0.4) is 0 Å². The highest BCUT2D eigenvalue weighted by molar-refractivity contribution is 5.95. The SMILES string of the molecule is N=C(N)c1nccnc1-n1ccc(C2CC2)n1. The van der Waals surface area contributed by atoms with E-state index in [0.29, 0.717) is 17.4 Å². The van der Waals surface area contributed by atoms with Crippen molar-refractivity contribution >= 4 is 5.84 Å². The highest BCUT2D eigenvalue weighted by atomic mass is 15.3. The molecule has 3 N–H and O–H groups in total. The molecule has 6 nitrogen and oxygen atoms in total. The highest BCUT2D eigenvalue weighted by Gasteiger charge is 2.26. The fourth-order valence-electron chi connectivity index (χ4n) is 1.74. The Bertz CT molecular complexity index is 569. The van der Waals surface area contributed by atoms with E-state index in [1.54, 1.807) is 10.9 Å². The number of rotatable bonds is 3. The van der Waals surface area contributed by atoms with Crippen molar-refractivity contribution < 1.29 is 0 Å². The molecule has 0 bridgehead atoms. The van der Waals surface area contributed by atoms with Gasteiger partial charge in [0.2, 0.25) is 0 Å². The van der Waals surface area contributed by atoms with Crippen molar-refractivity contribution in [3.8, 4) is 5.82 Å². The molecule has 0 aromatic carbocycles. The lowest BCUT2D eigenvalue weighted by Gasteiger charge is -2.04. The van der Waals surface area contributed by atoms with Crippen LogP contribution < -0.4 is 5.73 Å². The van der Waals surface area contributed by atoms with Gasteiger partial charge in [0.1, 0.15) is 11.5 Å². The zero-order chi connectivity index (χ0) is 11.8. The van der Waals surface area contributed by atoms with Gasteiger partial charge in [0.25, 0.3) is 0 Å². The molecule has 17 heavy (non-hydrogen) atoms. The van der Waals surface area contributed by atoms with Crippen molar-refractivity contribution in [3.63, 3.8) is 0 Å². The molecule has 1 aliphatic rings. The predicted molar refractivity (Wildman–Crippen MR) is 62.1 cm³/mol. The molecule has 0 unspecified atom stereocenters. The zero-order valence-corrected chi connectivity index (χ0v) is 9.17. The van der Waals surface area contributed by atoms with Gasteiger partial charge >= 0.3 is 0 Å². The van der Waals surface area contributed by atoms with Gasteiger partial charge in [-0.2, -0.15) is 5.10 Å². The lowest BCUT2D eigenvalue weighted by atomic mass is 10.3. The molecule has 0 saturated heterocycles. The Hall–Kier alpha value is -2.24. The predicted octanol–water partition coefficient (Wildman–Crippen LogP) is 0.824. The minimum atomic E-state index is -0.100. The Morgan fingerprint density at radius 1 is 1.35 bits per heavy atom. The van der Waals surface area contributed by atoms with E-state index < -0.39 is 0 Å². The first-order valence-electron chi connectivity index (χ1n) is 5.47. The summed E-state index contributed by atoms with van der Waals surface area (Å²) < 4.78 is 1.64. The molecule has 0 spiro atoms. The molecule has 0 radical (unpaired) electrons. The van der Waals surface area contributed by atoms with Crippen LogP contribution in [0.5, 0.6) is 0 Å². The Morgan fingerprint density at radius 2 is 2.12 bits per heavy atom. The molecule has 6 heteroatoms. The molecule has 1 saturated carbocycles. The van der Waals surface area contributed by atoms with Crippen molar-refractivity contribution in [2.24, 2.45) is 5.73 Å². The van der Waals surface area contributed by atoms with Crippen LogP contribution in [0.15, 0.2) is 24.7 Å². The van der Waals surface area contributed by atoms with E-state index in [9.17, 15) is 0 Å². The molecule has 2 heterocycles. The lowest BCUT2D eigenvalue weighted by Crippen LogP contribution is -2.18. The third kappa shape index (κ3) is 1.77. The molecule has 1 aliphatic carbocycles. The third-order valence-electron chi connectivity index (χ3n) is 2.76. The van der Waals surface area contributed by atoms with E-state index in [1.165, 1.54) is 19.0 Å². The monoisotopic (exact) mass is 228 g/mol. The molecular weight excluding hydrogens is 216 g/mol. The smallest absolute Gasteiger partial charge is 0.183 e. The van der Waals surface area contributed by atoms with Gasteiger partial charge in [0.15, 0.2) is 5.82 Å². The van der Waals surface area contributed by atoms with E-state index >= 15 is 0 Å². The molecule has 0 amide bonds. The summed E-state index contributed by atoms with van der Waals surface area (Å²) in [5, 5.41) is 11.9. The molecule has 2 aromatic rings. The van der Waals surface area contributed by atoms with Crippen molar-refractivity contribution in [1.29, 1.82) is 5.41 Å². The van der Waals surface area contributed by atoms with Gasteiger partial charge in [0.05, 0.1) is 5.69 Å². The normalized spacial score (nSPS) is 14.8. The fraction of sp³-hybridized carbons (Fsp3) is 0.273. The minimum Gasteiger partial charge on any atom is -0.382 e. The van der Waals surface area contributed by atoms with Crippen LogP contribution in [0.4, 0.5) is 0 Å². The van der Waals surface area contributed by atoms with Gasteiger partial charge in [-0.25, -0.2) is 14.6 Å². The van der Waals surface area contributed by atoms with Crippen molar-refractivity contribution in [1.82, 2.24) is 19.7 Å². The summed E-state index contributed by atoms with van der Waals surface area (Å²) in [7, 11) is 0. The van der Waals surface area contributed by atoms with E-state index in [1.807, 2.05) is 12.3 Å². The standard InChI is InChI=1S/C11H12N6/c12-10(13)9-11(15-5-4-14-9)17-6-3-8(16-17)7-1-2-7/h3-7H,1-2H2,(H3,12,13). The molecular formula is C11H12N6. The molecule has 0 atom stereocenters. The van der Waals surface area contributed by atoms with E-state index in [2.05, 4.69) is 15.1 Å². The number of aromatic nitrogens is 4. The lowest BCUT2D eigenvalue weighted by molar-refractivity contribution is 0.803. The quantitative estimate of drug-likeness (QED) is 0.600. The molecule has 2 aromatic heterocycles. The van der Waals surface area contributed by atoms with Crippen molar-refractivity contribution in [2.45, 2.75) is 18.8 Å². The number of nitrogens with zero attached hydrogens (tertiary/aromatic N) is 4. The number of hydrogen-bond donors (Lipinski definition) is 2. The van der Waals surface area contributed by atoms with Crippen LogP contribution in [0.1, 0.15) is 30.1 Å². The fourth-order valence-corrected chi connectivity index (χ4v) is 1.74. The van der Waals surface area contributed by atoms with Crippen LogP contribution >= 0.6 is 0 Å². The Labute approximate surface area is 98.0 Å². The molecule has 86 valence electrons. The number of nitrogens with one attached hydrogen (secondary N) is 1. The van der Waals surface area contributed by atoms with Gasteiger partial charge in [-0.05, 0) is 18.9 Å². The van der Waals surface area contributed by atoms with Crippen molar-refractivity contribution in [2.75, 3.05) is 0 Å². The van der Waals surface area contributed by atoms with Crippen molar-refractivity contribution in [3.05, 3.63) is 36.0 Å². The summed E-state index contributed by atoms with van der Waals surface area (Å²) in [6, 6.07) is 1.98. The maximum atomic E-state index is 7.46. The number of nitrogens with two attached hydrogens (primary N) is 1. The second kappa shape index (κ2) is 3.65.